The zero-order valence-corrected chi connectivity index (χ0v) is 13.5. The lowest BCUT2D eigenvalue weighted by Crippen LogP contribution is -2.12. The molecule has 0 saturated heterocycles. The van der Waals surface area contributed by atoms with Gasteiger partial charge in [-0.25, -0.2) is 4.98 Å². The highest BCUT2D eigenvalue weighted by atomic mass is 35.5. The van der Waals surface area contributed by atoms with Crippen LogP contribution >= 0.6 is 11.6 Å². The Bertz CT molecular complexity index is 679. The summed E-state index contributed by atoms with van der Waals surface area (Å²) in [5.41, 5.74) is 6.47. The van der Waals surface area contributed by atoms with E-state index in [0.29, 0.717) is 30.6 Å². The molecule has 0 radical (unpaired) electrons. The number of benzene rings is 1. The topological polar surface area (TPSA) is 86.5 Å². The van der Waals surface area contributed by atoms with Crippen molar-refractivity contribution in [1.29, 1.82) is 0 Å². The average Bonchev–Trinajstić information content (AvgIpc) is 2.54. The molecular weight excluding hydrogens is 318 g/mol. The number of rotatable bonds is 8. The lowest BCUT2D eigenvalue weighted by atomic mass is 10.2. The van der Waals surface area contributed by atoms with Crippen LogP contribution in [-0.4, -0.2) is 31.2 Å². The second-order valence-electron chi connectivity index (χ2n) is 4.76. The van der Waals surface area contributed by atoms with Crippen molar-refractivity contribution in [3.63, 3.8) is 0 Å². The van der Waals surface area contributed by atoms with Crippen LogP contribution in [0, 0.1) is 0 Å². The number of hydrogen-bond acceptors (Lipinski definition) is 5. The number of primary amides is 1. The fourth-order valence-electron chi connectivity index (χ4n) is 1.88. The van der Waals surface area contributed by atoms with Gasteiger partial charge in [0.2, 0.25) is 5.91 Å². The fraction of sp³-hybridized carbons (Fsp3) is 0.250. The van der Waals surface area contributed by atoms with Crippen molar-refractivity contribution in [2.24, 2.45) is 5.73 Å². The van der Waals surface area contributed by atoms with Crippen molar-refractivity contribution in [1.82, 2.24) is 4.98 Å². The number of pyridine rings is 1. The van der Waals surface area contributed by atoms with Crippen molar-refractivity contribution in [3.8, 4) is 5.75 Å². The molecule has 0 spiro atoms. The molecule has 0 atom stereocenters. The van der Waals surface area contributed by atoms with Crippen LogP contribution in [0.2, 0.25) is 5.02 Å². The SMILES string of the molecule is COCCOc1cccc(CNc2ncc(C(N)=O)cc2Cl)c1. The van der Waals surface area contributed by atoms with Crippen LogP contribution in [0.3, 0.4) is 0 Å². The number of amides is 1. The summed E-state index contributed by atoms with van der Waals surface area (Å²) in [6, 6.07) is 9.16. The van der Waals surface area contributed by atoms with Gasteiger partial charge in [0, 0.05) is 19.9 Å². The molecule has 0 bridgehead atoms. The van der Waals surface area contributed by atoms with Crippen molar-refractivity contribution in [2.45, 2.75) is 6.54 Å². The van der Waals surface area contributed by atoms with E-state index in [9.17, 15) is 4.79 Å². The molecule has 0 saturated carbocycles. The van der Waals surface area contributed by atoms with E-state index in [1.54, 1.807) is 7.11 Å². The molecule has 1 aromatic carbocycles. The fourth-order valence-corrected chi connectivity index (χ4v) is 2.11. The minimum atomic E-state index is -0.563. The van der Waals surface area contributed by atoms with E-state index in [0.717, 1.165) is 11.3 Å². The Morgan fingerprint density at radius 1 is 1.35 bits per heavy atom. The molecule has 1 aromatic heterocycles. The van der Waals surface area contributed by atoms with E-state index in [4.69, 9.17) is 26.8 Å². The largest absolute Gasteiger partial charge is 0.491 e. The number of methoxy groups -OCH3 is 1. The normalized spacial score (nSPS) is 10.3. The lowest BCUT2D eigenvalue weighted by Gasteiger charge is -2.10. The summed E-state index contributed by atoms with van der Waals surface area (Å²) in [4.78, 5) is 15.2. The van der Waals surface area contributed by atoms with Gasteiger partial charge in [0.15, 0.2) is 0 Å². The number of aromatic nitrogens is 1. The molecule has 2 aromatic rings. The molecule has 6 nitrogen and oxygen atoms in total. The smallest absolute Gasteiger partial charge is 0.250 e. The van der Waals surface area contributed by atoms with Crippen LogP contribution in [0.15, 0.2) is 36.5 Å². The standard InChI is InChI=1S/C16H18ClN3O3/c1-22-5-6-23-13-4-2-3-11(7-13)9-19-16-14(17)8-12(10-20-16)15(18)21/h2-4,7-8,10H,5-6,9H2,1H3,(H2,18,21)(H,19,20). The number of anilines is 1. The van der Waals surface area contributed by atoms with E-state index >= 15 is 0 Å². The van der Waals surface area contributed by atoms with Gasteiger partial charge in [-0.15, -0.1) is 0 Å². The maximum atomic E-state index is 11.1. The quantitative estimate of drug-likeness (QED) is 0.724. The van der Waals surface area contributed by atoms with E-state index in [2.05, 4.69) is 10.3 Å². The van der Waals surface area contributed by atoms with Gasteiger partial charge in [0.25, 0.3) is 0 Å². The molecule has 0 fully saturated rings. The number of hydrogen-bond donors (Lipinski definition) is 2. The van der Waals surface area contributed by atoms with E-state index < -0.39 is 5.91 Å². The minimum absolute atomic E-state index is 0.272. The van der Waals surface area contributed by atoms with Crippen LogP contribution in [-0.2, 0) is 11.3 Å². The number of nitrogens with two attached hydrogens (primary N) is 1. The molecular formula is C16H18ClN3O3. The van der Waals surface area contributed by atoms with Gasteiger partial charge in [-0.1, -0.05) is 23.7 Å². The predicted octanol–water partition coefficient (Wildman–Crippen LogP) is 2.47. The predicted molar refractivity (Wildman–Crippen MR) is 88.9 cm³/mol. The Balaban J connectivity index is 1.98. The molecule has 0 aliphatic carbocycles. The monoisotopic (exact) mass is 335 g/mol. The first-order valence-corrected chi connectivity index (χ1v) is 7.38. The molecule has 0 aliphatic rings. The van der Waals surface area contributed by atoms with Gasteiger partial charge in [-0.05, 0) is 23.8 Å². The van der Waals surface area contributed by atoms with Crippen LogP contribution in [0.25, 0.3) is 0 Å². The highest BCUT2D eigenvalue weighted by Gasteiger charge is 2.07. The third kappa shape index (κ3) is 5.12. The molecule has 7 heteroatoms. The summed E-state index contributed by atoms with van der Waals surface area (Å²) in [5.74, 6) is 0.693. The molecule has 3 N–H and O–H groups in total. The Morgan fingerprint density at radius 3 is 2.87 bits per heavy atom. The summed E-state index contributed by atoms with van der Waals surface area (Å²) < 4.78 is 10.5. The van der Waals surface area contributed by atoms with Crippen LogP contribution in [0.5, 0.6) is 5.75 Å². The second kappa shape index (κ2) is 8.36. The Morgan fingerprint density at radius 2 is 2.17 bits per heavy atom. The molecule has 0 aliphatic heterocycles. The summed E-state index contributed by atoms with van der Waals surface area (Å²) in [7, 11) is 1.63. The van der Waals surface area contributed by atoms with Gasteiger partial charge in [0.1, 0.15) is 18.2 Å². The average molecular weight is 336 g/mol. The molecule has 122 valence electrons. The third-order valence-corrected chi connectivity index (χ3v) is 3.33. The summed E-state index contributed by atoms with van der Waals surface area (Å²) in [6.45, 7) is 1.55. The minimum Gasteiger partial charge on any atom is -0.491 e. The van der Waals surface area contributed by atoms with Gasteiger partial charge in [0.05, 0.1) is 17.2 Å². The Kier molecular flexibility index (Phi) is 6.19. The number of carbonyl (C=O) groups excluding carboxylic acids is 1. The maximum Gasteiger partial charge on any atom is 0.250 e. The second-order valence-corrected chi connectivity index (χ2v) is 5.17. The zero-order valence-electron chi connectivity index (χ0n) is 12.7. The summed E-state index contributed by atoms with van der Waals surface area (Å²) in [6.07, 6.45) is 1.39. The van der Waals surface area contributed by atoms with Crippen molar-refractivity contribution >= 4 is 23.3 Å². The van der Waals surface area contributed by atoms with Crippen LogP contribution in [0.1, 0.15) is 15.9 Å². The van der Waals surface area contributed by atoms with Crippen molar-refractivity contribution < 1.29 is 14.3 Å². The maximum absolute atomic E-state index is 11.1. The van der Waals surface area contributed by atoms with Gasteiger partial charge < -0.3 is 20.5 Å². The zero-order chi connectivity index (χ0) is 16.7. The van der Waals surface area contributed by atoms with E-state index in [1.807, 2.05) is 24.3 Å². The first-order valence-electron chi connectivity index (χ1n) is 7.00. The van der Waals surface area contributed by atoms with Crippen LogP contribution < -0.4 is 15.8 Å². The third-order valence-electron chi connectivity index (χ3n) is 3.04. The lowest BCUT2D eigenvalue weighted by molar-refractivity contribution is 0.1000. The first kappa shape index (κ1) is 17.1. The number of ether oxygens (including phenoxy) is 2. The van der Waals surface area contributed by atoms with E-state index in [1.165, 1.54) is 12.3 Å². The van der Waals surface area contributed by atoms with Gasteiger partial charge >= 0.3 is 0 Å². The van der Waals surface area contributed by atoms with Crippen molar-refractivity contribution in [2.75, 3.05) is 25.6 Å². The number of halogens is 1. The van der Waals surface area contributed by atoms with Gasteiger partial charge in [-0.3, -0.25) is 4.79 Å². The molecule has 1 amide bonds. The van der Waals surface area contributed by atoms with E-state index in [-0.39, 0.29) is 5.56 Å². The Hall–Kier alpha value is -2.31. The van der Waals surface area contributed by atoms with Gasteiger partial charge in [-0.2, -0.15) is 0 Å². The molecule has 1 heterocycles. The van der Waals surface area contributed by atoms with Crippen LogP contribution in [0.4, 0.5) is 5.82 Å². The molecule has 0 unspecified atom stereocenters. The summed E-state index contributed by atoms with van der Waals surface area (Å²) >= 11 is 6.08. The first-order chi connectivity index (χ1) is 11.1. The summed E-state index contributed by atoms with van der Waals surface area (Å²) in [5, 5.41) is 3.46. The number of nitrogens with zero attached hydrogens (tertiary/aromatic N) is 1. The Labute approximate surface area is 139 Å². The highest BCUT2D eigenvalue weighted by Crippen LogP contribution is 2.21. The molecule has 2 rings (SSSR count). The number of carbonyl (C=O) groups is 1. The highest BCUT2D eigenvalue weighted by molar-refractivity contribution is 6.33. The number of nitrogens with one attached hydrogen (secondary N) is 1. The molecule has 23 heavy (non-hydrogen) atoms. The van der Waals surface area contributed by atoms with Crippen molar-refractivity contribution in [3.05, 3.63) is 52.7 Å².